The summed E-state index contributed by atoms with van der Waals surface area (Å²) in [6.45, 7) is 6.92. The normalized spacial score (nSPS) is 24.0. The largest absolute Gasteiger partial charge is 0.380 e. The van der Waals surface area contributed by atoms with Gasteiger partial charge in [-0.2, -0.15) is 0 Å². The number of hydrogen-bond acceptors (Lipinski definition) is 4. The molecule has 0 bridgehead atoms. The third-order valence-electron chi connectivity index (χ3n) is 4.04. The lowest BCUT2D eigenvalue weighted by Crippen LogP contribution is -2.58. The number of nitrogens with zero attached hydrogens (tertiary/aromatic N) is 1. The van der Waals surface area contributed by atoms with Gasteiger partial charge >= 0.3 is 0 Å². The van der Waals surface area contributed by atoms with E-state index in [1.54, 1.807) is 6.07 Å². The van der Waals surface area contributed by atoms with Gasteiger partial charge in [-0.15, -0.1) is 0 Å². The van der Waals surface area contributed by atoms with Crippen molar-refractivity contribution in [3.63, 3.8) is 0 Å². The Bertz CT molecular complexity index is 519. The Hall–Kier alpha value is -1.33. The molecule has 0 aliphatic heterocycles. The third kappa shape index (κ3) is 2.74. The highest BCUT2D eigenvalue weighted by Crippen LogP contribution is 2.45. The fourth-order valence-corrected chi connectivity index (χ4v) is 2.71. The summed E-state index contributed by atoms with van der Waals surface area (Å²) in [4.78, 5) is 10.4. The van der Waals surface area contributed by atoms with E-state index in [9.17, 15) is 10.1 Å². The number of nitro groups is 1. The molecule has 0 spiro atoms. The van der Waals surface area contributed by atoms with E-state index in [0.717, 1.165) is 6.42 Å². The number of halogens is 1. The van der Waals surface area contributed by atoms with Crippen LogP contribution >= 0.6 is 11.6 Å². The zero-order valence-electron chi connectivity index (χ0n) is 11.9. The van der Waals surface area contributed by atoms with Crippen molar-refractivity contribution in [2.24, 2.45) is 5.41 Å². The van der Waals surface area contributed by atoms with Crippen LogP contribution in [0.1, 0.15) is 27.2 Å². The summed E-state index contributed by atoms with van der Waals surface area (Å²) in [7, 11) is 0. The minimum Gasteiger partial charge on any atom is -0.380 e. The molecule has 2 atom stereocenters. The number of nitrogens with one attached hydrogen (secondary N) is 1. The van der Waals surface area contributed by atoms with Gasteiger partial charge in [0.15, 0.2) is 0 Å². The minimum absolute atomic E-state index is 0.0238. The van der Waals surface area contributed by atoms with Gasteiger partial charge in [0.1, 0.15) is 0 Å². The SMILES string of the molecule is CCOC1CC(Nc2cc([N+](=O)[O-])ccc2Cl)C1(C)C. The Morgan fingerprint density at radius 2 is 2.25 bits per heavy atom. The van der Waals surface area contributed by atoms with Gasteiger partial charge in [-0.25, -0.2) is 0 Å². The lowest BCUT2D eigenvalue weighted by atomic mass is 9.64. The summed E-state index contributed by atoms with van der Waals surface area (Å²) in [5.74, 6) is 0. The molecule has 1 aliphatic rings. The van der Waals surface area contributed by atoms with Crippen molar-refractivity contribution >= 4 is 23.0 Å². The van der Waals surface area contributed by atoms with Crippen molar-refractivity contribution in [3.05, 3.63) is 33.3 Å². The molecule has 1 aliphatic carbocycles. The van der Waals surface area contributed by atoms with Crippen molar-refractivity contribution in [1.29, 1.82) is 0 Å². The zero-order valence-corrected chi connectivity index (χ0v) is 12.6. The summed E-state index contributed by atoms with van der Waals surface area (Å²) >= 11 is 6.10. The number of non-ortho nitro benzene ring substituents is 1. The molecule has 1 fully saturated rings. The monoisotopic (exact) mass is 298 g/mol. The van der Waals surface area contributed by atoms with Gasteiger partial charge in [0, 0.05) is 30.2 Å². The molecular weight excluding hydrogens is 280 g/mol. The fourth-order valence-electron chi connectivity index (χ4n) is 2.54. The van der Waals surface area contributed by atoms with E-state index in [-0.39, 0.29) is 23.2 Å². The number of ether oxygens (including phenoxy) is 1. The van der Waals surface area contributed by atoms with E-state index in [2.05, 4.69) is 19.2 Å². The lowest BCUT2D eigenvalue weighted by Gasteiger charge is -2.52. The highest BCUT2D eigenvalue weighted by atomic mass is 35.5. The molecule has 1 aromatic rings. The first-order valence-corrected chi connectivity index (χ1v) is 7.06. The van der Waals surface area contributed by atoms with Crippen LogP contribution < -0.4 is 5.32 Å². The number of hydrogen-bond donors (Lipinski definition) is 1. The molecule has 20 heavy (non-hydrogen) atoms. The quantitative estimate of drug-likeness (QED) is 0.662. The van der Waals surface area contributed by atoms with Crippen molar-refractivity contribution in [1.82, 2.24) is 0 Å². The van der Waals surface area contributed by atoms with Gasteiger partial charge < -0.3 is 10.1 Å². The minimum atomic E-state index is -0.420. The van der Waals surface area contributed by atoms with Crippen LogP contribution in [-0.4, -0.2) is 23.7 Å². The molecule has 6 heteroatoms. The van der Waals surface area contributed by atoms with Crippen molar-refractivity contribution < 1.29 is 9.66 Å². The van der Waals surface area contributed by atoms with Crippen LogP contribution in [0.3, 0.4) is 0 Å². The first kappa shape index (κ1) is 15.1. The summed E-state index contributed by atoms with van der Waals surface area (Å²) < 4.78 is 5.67. The molecule has 1 saturated carbocycles. The Morgan fingerprint density at radius 1 is 1.55 bits per heavy atom. The first-order valence-electron chi connectivity index (χ1n) is 6.68. The molecule has 0 radical (unpaired) electrons. The predicted octanol–water partition coefficient (Wildman–Crippen LogP) is 3.86. The summed E-state index contributed by atoms with van der Waals surface area (Å²) in [6.07, 6.45) is 1.09. The summed E-state index contributed by atoms with van der Waals surface area (Å²) in [6, 6.07) is 4.63. The molecule has 5 nitrogen and oxygen atoms in total. The zero-order chi connectivity index (χ0) is 14.9. The second-order valence-corrected chi connectivity index (χ2v) is 6.03. The Morgan fingerprint density at radius 3 is 2.80 bits per heavy atom. The molecule has 110 valence electrons. The Balaban J connectivity index is 2.12. The second kappa shape index (κ2) is 5.58. The summed E-state index contributed by atoms with van der Waals surface area (Å²) in [5.41, 5.74) is 0.619. The third-order valence-corrected chi connectivity index (χ3v) is 4.37. The predicted molar refractivity (Wildman–Crippen MR) is 79.3 cm³/mol. The van der Waals surface area contributed by atoms with Crippen LogP contribution in [0, 0.1) is 15.5 Å². The topological polar surface area (TPSA) is 64.4 Å². The molecule has 0 aromatic heterocycles. The number of anilines is 1. The smallest absolute Gasteiger partial charge is 0.271 e. The van der Waals surface area contributed by atoms with E-state index in [1.807, 2.05) is 6.92 Å². The van der Waals surface area contributed by atoms with Crippen LogP contribution in [0.2, 0.25) is 5.02 Å². The average molecular weight is 299 g/mol. The lowest BCUT2D eigenvalue weighted by molar-refractivity contribution is -0.384. The molecule has 0 heterocycles. The van der Waals surface area contributed by atoms with Crippen molar-refractivity contribution in [3.8, 4) is 0 Å². The van der Waals surface area contributed by atoms with E-state index < -0.39 is 4.92 Å². The van der Waals surface area contributed by atoms with Crippen molar-refractivity contribution in [2.45, 2.75) is 39.3 Å². The Kier molecular flexibility index (Phi) is 4.20. The van der Waals surface area contributed by atoms with Crippen LogP contribution in [0.4, 0.5) is 11.4 Å². The fraction of sp³-hybridized carbons (Fsp3) is 0.571. The van der Waals surface area contributed by atoms with Gasteiger partial charge in [0.2, 0.25) is 0 Å². The maximum atomic E-state index is 10.8. The number of nitro benzene ring substituents is 1. The average Bonchev–Trinajstić information content (AvgIpc) is 2.39. The molecule has 0 saturated heterocycles. The van der Waals surface area contributed by atoms with Crippen molar-refractivity contribution in [2.75, 3.05) is 11.9 Å². The molecule has 2 unspecified atom stereocenters. The van der Waals surface area contributed by atoms with Gasteiger partial charge in [-0.1, -0.05) is 25.4 Å². The molecule has 2 rings (SSSR count). The second-order valence-electron chi connectivity index (χ2n) is 5.62. The molecule has 1 aromatic carbocycles. The van der Waals surface area contributed by atoms with Crippen LogP contribution in [0.15, 0.2) is 18.2 Å². The van der Waals surface area contributed by atoms with E-state index in [1.165, 1.54) is 12.1 Å². The highest BCUT2D eigenvalue weighted by molar-refractivity contribution is 6.33. The van der Waals surface area contributed by atoms with E-state index >= 15 is 0 Å². The summed E-state index contributed by atoms with van der Waals surface area (Å²) in [5, 5.41) is 14.6. The number of benzene rings is 1. The maximum absolute atomic E-state index is 10.8. The number of rotatable bonds is 5. The van der Waals surface area contributed by atoms with E-state index in [4.69, 9.17) is 16.3 Å². The van der Waals surface area contributed by atoms with Gasteiger partial charge in [-0.05, 0) is 19.4 Å². The van der Waals surface area contributed by atoms with Gasteiger partial charge in [-0.3, -0.25) is 10.1 Å². The van der Waals surface area contributed by atoms with Crippen LogP contribution in [-0.2, 0) is 4.74 Å². The molecule has 1 N–H and O–H groups in total. The van der Waals surface area contributed by atoms with E-state index in [0.29, 0.717) is 17.3 Å². The van der Waals surface area contributed by atoms with Crippen LogP contribution in [0.5, 0.6) is 0 Å². The first-order chi connectivity index (χ1) is 9.36. The Labute approximate surface area is 123 Å². The maximum Gasteiger partial charge on any atom is 0.271 e. The van der Waals surface area contributed by atoms with Gasteiger partial charge in [0.25, 0.3) is 5.69 Å². The highest BCUT2D eigenvalue weighted by Gasteiger charge is 2.49. The van der Waals surface area contributed by atoms with Gasteiger partial charge in [0.05, 0.1) is 21.7 Å². The van der Waals surface area contributed by atoms with Crippen LogP contribution in [0.25, 0.3) is 0 Å². The standard InChI is InChI=1S/C14H19ClN2O3/c1-4-20-13-8-12(14(13,2)3)16-11-7-9(17(18)19)5-6-10(11)15/h5-7,12-13,16H,4,8H2,1-3H3. The molecular formula is C14H19ClN2O3. The molecule has 0 amide bonds.